The van der Waals surface area contributed by atoms with Crippen LogP contribution in [0.2, 0.25) is 0 Å². The summed E-state index contributed by atoms with van der Waals surface area (Å²) in [6.07, 6.45) is 3.50. The molecule has 1 aliphatic rings. The van der Waals surface area contributed by atoms with Gasteiger partial charge in [-0.2, -0.15) is 0 Å². The standard InChI is InChI=1S/C13H16N2/c1-14-8-7-12(10-14)15-9-6-11-4-2-3-5-13(11)15/h2-6,9,12H,7-8,10H2,1H3. The Morgan fingerprint density at radius 3 is 2.87 bits per heavy atom. The Balaban J connectivity index is 2.04. The van der Waals surface area contributed by atoms with Gasteiger partial charge in [0.15, 0.2) is 0 Å². The first-order valence-electron chi connectivity index (χ1n) is 5.59. The molecule has 2 heterocycles. The van der Waals surface area contributed by atoms with E-state index >= 15 is 0 Å². The maximum Gasteiger partial charge on any atom is 0.0483 e. The molecule has 2 heteroatoms. The first-order chi connectivity index (χ1) is 7.34. The van der Waals surface area contributed by atoms with Crippen LogP contribution in [0.3, 0.4) is 0 Å². The van der Waals surface area contributed by atoms with Crippen LogP contribution in [-0.4, -0.2) is 29.6 Å². The zero-order valence-corrected chi connectivity index (χ0v) is 9.06. The number of likely N-dealkylation sites (N-methyl/N-ethyl adjacent to an activating group) is 1. The van der Waals surface area contributed by atoms with Crippen LogP contribution in [0, 0.1) is 0 Å². The molecule has 1 fully saturated rings. The van der Waals surface area contributed by atoms with Gasteiger partial charge in [-0.3, -0.25) is 0 Å². The number of rotatable bonds is 1. The second-order valence-corrected chi connectivity index (χ2v) is 4.49. The van der Waals surface area contributed by atoms with Crippen molar-refractivity contribution in [3.8, 4) is 0 Å². The van der Waals surface area contributed by atoms with Crippen LogP contribution in [0.1, 0.15) is 12.5 Å². The first kappa shape index (κ1) is 8.98. The SMILES string of the molecule is CN1CCC(n2ccc3ccccc32)C1. The van der Waals surface area contributed by atoms with Gasteiger partial charge in [0.05, 0.1) is 0 Å². The third kappa shape index (κ3) is 1.45. The number of hydrogen-bond donors (Lipinski definition) is 0. The smallest absolute Gasteiger partial charge is 0.0483 e. The molecule has 78 valence electrons. The minimum absolute atomic E-state index is 0.662. The molecule has 0 amide bonds. The second-order valence-electron chi connectivity index (χ2n) is 4.49. The molecule has 0 saturated carbocycles. The van der Waals surface area contributed by atoms with Gasteiger partial charge in [0, 0.05) is 24.3 Å². The fourth-order valence-corrected chi connectivity index (χ4v) is 2.56. The minimum atomic E-state index is 0.662. The van der Waals surface area contributed by atoms with Crippen molar-refractivity contribution in [3.05, 3.63) is 36.5 Å². The van der Waals surface area contributed by atoms with Gasteiger partial charge < -0.3 is 9.47 Å². The summed E-state index contributed by atoms with van der Waals surface area (Å²) in [6.45, 7) is 2.40. The molecule has 3 rings (SSSR count). The zero-order valence-electron chi connectivity index (χ0n) is 9.06. The normalized spacial score (nSPS) is 22.6. The lowest BCUT2D eigenvalue weighted by atomic mass is 10.2. The summed E-state index contributed by atoms with van der Waals surface area (Å²) in [7, 11) is 2.20. The molecule has 0 aliphatic carbocycles. The Hall–Kier alpha value is -1.28. The van der Waals surface area contributed by atoms with Crippen LogP contribution < -0.4 is 0 Å². The molecule has 1 atom stereocenters. The highest BCUT2D eigenvalue weighted by atomic mass is 15.2. The molecule has 2 aromatic rings. The molecular weight excluding hydrogens is 184 g/mol. The monoisotopic (exact) mass is 200 g/mol. The van der Waals surface area contributed by atoms with Crippen LogP contribution in [0.15, 0.2) is 36.5 Å². The van der Waals surface area contributed by atoms with E-state index in [1.807, 2.05) is 0 Å². The fraction of sp³-hybridized carbons (Fsp3) is 0.385. The van der Waals surface area contributed by atoms with Crippen molar-refractivity contribution in [2.75, 3.05) is 20.1 Å². The summed E-state index contributed by atoms with van der Waals surface area (Å²) in [5, 5.41) is 1.35. The number of hydrogen-bond acceptors (Lipinski definition) is 1. The van der Waals surface area contributed by atoms with Gasteiger partial charge in [0.25, 0.3) is 0 Å². The summed E-state index contributed by atoms with van der Waals surface area (Å²) in [6, 6.07) is 11.5. The van der Waals surface area contributed by atoms with Crippen molar-refractivity contribution in [2.45, 2.75) is 12.5 Å². The van der Waals surface area contributed by atoms with Crippen LogP contribution in [0.5, 0.6) is 0 Å². The number of likely N-dealkylation sites (tertiary alicyclic amines) is 1. The highest BCUT2D eigenvalue weighted by Gasteiger charge is 2.21. The van der Waals surface area contributed by atoms with Crippen molar-refractivity contribution in [1.29, 1.82) is 0 Å². The molecule has 2 nitrogen and oxygen atoms in total. The molecule has 1 aliphatic heterocycles. The Morgan fingerprint density at radius 2 is 2.07 bits per heavy atom. The van der Waals surface area contributed by atoms with E-state index in [0.717, 1.165) is 0 Å². The van der Waals surface area contributed by atoms with Gasteiger partial charge in [-0.05, 0) is 37.5 Å². The Morgan fingerprint density at radius 1 is 1.20 bits per heavy atom. The van der Waals surface area contributed by atoms with Crippen molar-refractivity contribution in [1.82, 2.24) is 9.47 Å². The average Bonchev–Trinajstić information content (AvgIpc) is 2.83. The minimum Gasteiger partial charge on any atom is -0.343 e. The van der Waals surface area contributed by atoms with E-state index in [2.05, 4.69) is 53.0 Å². The molecular formula is C13H16N2. The van der Waals surface area contributed by atoms with Crippen LogP contribution in [-0.2, 0) is 0 Å². The van der Waals surface area contributed by atoms with Crippen LogP contribution >= 0.6 is 0 Å². The third-order valence-electron chi connectivity index (χ3n) is 3.39. The number of benzene rings is 1. The summed E-state index contributed by atoms with van der Waals surface area (Å²) >= 11 is 0. The summed E-state index contributed by atoms with van der Waals surface area (Å²) < 4.78 is 2.43. The van der Waals surface area contributed by atoms with E-state index in [9.17, 15) is 0 Å². The molecule has 15 heavy (non-hydrogen) atoms. The fourth-order valence-electron chi connectivity index (χ4n) is 2.56. The molecule has 0 bridgehead atoms. The lowest BCUT2D eigenvalue weighted by Gasteiger charge is -2.14. The van der Waals surface area contributed by atoms with Crippen molar-refractivity contribution in [3.63, 3.8) is 0 Å². The van der Waals surface area contributed by atoms with Gasteiger partial charge in [0.2, 0.25) is 0 Å². The van der Waals surface area contributed by atoms with E-state index in [-0.39, 0.29) is 0 Å². The quantitative estimate of drug-likeness (QED) is 0.686. The van der Waals surface area contributed by atoms with Gasteiger partial charge in [-0.15, -0.1) is 0 Å². The number of aromatic nitrogens is 1. The van der Waals surface area contributed by atoms with Crippen LogP contribution in [0.25, 0.3) is 10.9 Å². The van der Waals surface area contributed by atoms with Crippen molar-refractivity contribution in [2.24, 2.45) is 0 Å². The lowest BCUT2D eigenvalue weighted by molar-refractivity contribution is 0.395. The molecule has 0 N–H and O–H groups in total. The summed E-state index contributed by atoms with van der Waals surface area (Å²) in [5.41, 5.74) is 1.37. The maximum atomic E-state index is 2.43. The van der Waals surface area contributed by atoms with Crippen molar-refractivity contribution < 1.29 is 0 Å². The molecule has 1 unspecified atom stereocenters. The maximum absolute atomic E-state index is 2.43. The van der Waals surface area contributed by atoms with Gasteiger partial charge >= 0.3 is 0 Å². The number of nitrogens with zero attached hydrogens (tertiary/aromatic N) is 2. The van der Waals surface area contributed by atoms with E-state index in [1.165, 1.54) is 30.4 Å². The number of fused-ring (bicyclic) bond motifs is 1. The first-order valence-corrected chi connectivity index (χ1v) is 5.59. The van der Waals surface area contributed by atoms with Gasteiger partial charge in [-0.25, -0.2) is 0 Å². The average molecular weight is 200 g/mol. The third-order valence-corrected chi connectivity index (χ3v) is 3.39. The van der Waals surface area contributed by atoms with E-state index in [1.54, 1.807) is 0 Å². The number of para-hydroxylation sites is 1. The summed E-state index contributed by atoms with van der Waals surface area (Å²) in [5.74, 6) is 0. The van der Waals surface area contributed by atoms with E-state index in [0.29, 0.717) is 6.04 Å². The Bertz CT molecular complexity index is 472. The van der Waals surface area contributed by atoms with Crippen LogP contribution in [0.4, 0.5) is 0 Å². The molecule has 1 aromatic carbocycles. The predicted molar refractivity (Wildman–Crippen MR) is 63.1 cm³/mol. The molecule has 0 spiro atoms. The van der Waals surface area contributed by atoms with Crippen molar-refractivity contribution >= 4 is 10.9 Å². The predicted octanol–water partition coefficient (Wildman–Crippen LogP) is 2.52. The van der Waals surface area contributed by atoms with Gasteiger partial charge in [-0.1, -0.05) is 18.2 Å². The zero-order chi connectivity index (χ0) is 10.3. The highest BCUT2D eigenvalue weighted by molar-refractivity contribution is 5.80. The van der Waals surface area contributed by atoms with Gasteiger partial charge in [0.1, 0.15) is 0 Å². The topological polar surface area (TPSA) is 8.17 Å². The highest BCUT2D eigenvalue weighted by Crippen LogP contribution is 2.25. The lowest BCUT2D eigenvalue weighted by Crippen LogP contribution is -2.15. The van der Waals surface area contributed by atoms with E-state index < -0.39 is 0 Å². The molecule has 1 aromatic heterocycles. The Kier molecular flexibility index (Phi) is 2.03. The molecule has 0 radical (unpaired) electrons. The summed E-state index contributed by atoms with van der Waals surface area (Å²) in [4.78, 5) is 2.40. The molecule has 1 saturated heterocycles. The second kappa shape index (κ2) is 3.38. The Labute approximate surface area is 90.1 Å². The van der Waals surface area contributed by atoms with E-state index in [4.69, 9.17) is 0 Å². The largest absolute Gasteiger partial charge is 0.343 e.